The number of aliphatic hydroxyl groups excluding tert-OH is 6. The molecule has 9 nitrogen and oxygen atoms in total. The van der Waals surface area contributed by atoms with Gasteiger partial charge >= 0.3 is 0 Å². The number of ketones is 1. The maximum Gasteiger partial charge on any atom is 0.228 e. The van der Waals surface area contributed by atoms with Crippen molar-refractivity contribution in [2.75, 3.05) is 6.61 Å². The molecule has 0 fully saturated rings. The van der Waals surface area contributed by atoms with Crippen LogP contribution in [0.3, 0.4) is 0 Å². The Kier molecular flexibility index (Phi) is 7.23. The van der Waals surface area contributed by atoms with Crippen molar-refractivity contribution in [3.63, 3.8) is 0 Å². The second kappa shape index (κ2) is 8.67. The minimum Gasteiger partial charge on any atom is -0.459 e. The van der Waals surface area contributed by atoms with Crippen molar-refractivity contribution in [2.24, 2.45) is 0 Å². The summed E-state index contributed by atoms with van der Waals surface area (Å²) in [7, 11) is 0. The lowest BCUT2D eigenvalue weighted by molar-refractivity contribution is -0.126. The summed E-state index contributed by atoms with van der Waals surface area (Å²) >= 11 is 0. The highest BCUT2D eigenvalue weighted by molar-refractivity contribution is 6.45. The molecule has 0 saturated carbocycles. The molecular weight excluding hydrogens is 312 g/mol. The fourth-order valence-corrected chi connectivity index (χ4v) is 1.76. The Morgan fingerprint density at radius 1 is 1.13 bits per heavy atom. The van der Waals surface area contributed by atoms with Crippen LogP contribution in [-0.2, 0) is 16.2 Å². The summed E-state index contributed by atoms with van der Waals surface area (Å²) in [5, 5.41) is 55.9. The van der Waals surface area contributed by atoms with Crippen LogP contribution >= 0.6 is 0 Å². The van der Waals surface area contributed by atoms with Crippen LogP contribution in [0.2, 0.25) is 0 Å². The average molecular weight is 330 g/mol. The van der Waals surface area contributed by atoms with Crippen molar-refractivity contribution in [3.8, 4) is 0 Å². The van der Waals surface area contributed by atoms with E-state index in [1.165, 1.54) is 12.1 Å². The van der Waals surface area contributed by atoms with Gasteiger partial charge in [0.2, 0.25) is 5.78 Å². The number of hydrogen-bond donors (Lipinski definition) is 6. The first-order chi connectivity index (χ1) is 10.8. The Morgan fingerprint density at radius 2 is 1.78 bits per heavy atom. The standard InChI is InChI=1S/C14H18O9/c15-4-7-1-2-12(23-7)8(10(19)5-16)3-9(18)13(21)14(22)11(20)6-17/h1-3,5,9,11,13-15,17-18,20-22H,4,6H2/b8-3+. The molecule has 0 saturated heterocycles. The van der Waals surface area contributed by atoms with E-state index in [1.54, 1.807) is 0 Å². The van der Waals surface area contributed by atoms with Gasteiger partial charge in [-0.15, -0.1) is 0 Å². The molecule has 0 aliphatic carbocycles. The first kappa shape index (κ1) is 19.2. The van der Waals surface area contributed by atoms with Crippen LogP contribution < -0.4 is 0 Å². The van der Waals surface area contributed by atoms with Gasteiger partial charge < -0.3 is 35.1 Å². The molecule has 0 aliphatic heterocycles. The van der Waals surface area contributed by atoms with Gasteiger partial charge in [-0.05, 0) is 18.2 Å². The molecule has 0 amide bonds. The molecule has 1 rings (SSSR count). The maximum absolute atomic E-state index is 11.6. The Hall–Kier alpha value is -1.88. The first-order valence-electron chi connectivity index (χ1n) is 6.60. The van der Waals surface area contributed by atoms with Gasteiger partial charge in [-0.3, -0.25) is 9.59 Å². The van der Waals surface area contributed by atoms with Crippen molar-refractivity contribution in [1.82, 2.24) is 0 Å². The fraction of sp³-hybridized carbons (Fsp3) is 0.429. The third kappa shape index (κ3) is 4.79. The van der Waals surface area contributed by atoms with Crippen LogP contribution in [0.5, 0.6) is 0 Å². The van der Waals surface area contributed by atoms with E-state index >= 15 is 0 Å². The molecule has 6 N–H and O–H groups in total. The van der Waals surface area contributed by atoms with Crippen molar-refractivity contribution < 1.29 is 44.6 Å². The number of carbonyl (C=O) groups is 2. The number of rotatable bonds is 9. The number of allylic oxidation sites excluding steroid dienone is 1. The highest BCUT2D eigenvalue weighted by Gasteiger charge is 2.30. The van der Waals surface area contributed by atoms with Gasteiger partial charge in [0.05, 0.1) is 12.2 Å². The number of aliphatic hydroxyl groups is 6. The summed E-state index contributed by atoms with van der Waals surface area (Å²) in [6, 6.07) is 2.62. The lowest BCUT2D eigenvalue weighted by Gasteiger charge is -2.24. The van der Waals surface area contributed by atoms with Crippen LogP contribution in [0, 0.1) is 0 Å². The smallest absolute Gasteiger partial charge is 0.228 e. The summed E-state index contributed by atoms with van der Waals surface area (Å²) in [5.41, 5.74) is -0.392. The van der Waals surface area contributed by atoms with E-state index in [4.69, 9.17) is 14.6 Å². The molecule has 1 heterocycles. The number of aldehydes is 1. The Labute approximate surface area is 130 Å². The van der Waals surface area contributed by atoms with Crippen LogP contribution in [0.15, 0.2) is 22.6 Å². The highest BCUT2D eigenvalue weighted by Crippen LogP contribution is 2.20. The van der Waals surface area contributed by atoms with E-state index in [9.17, 15) is 30.0 Å². The normalized spacial score (nSPS) is 17.4. The average Bonchev–Trinajstić information content (AvgIpc) is 3.05. The third-order valence-electron chi connectivity index (χ3n) is 3.07. The van der Waals surface area contributed by atoms with Crippen LogP contribution in [0.4, 0.5) is 0 Å². The molecule has 4 unspecified atom stereocenters. The summed E-state index contributed by atoms with van der Waals surface area (Å²) in [4.78, 5) is 22.3. The number of furan rings is 1. The lowest BCUT2D eigenvalue weighted by atomic mass is 9.99. The molecule has 0 aromatic carbocycles. The molecule has 128 valence electrons. The van der Waals surface area contributed by atoms with Crippen LogP contribution in [-0.4, -0.2) is 73.7 Å². The molecule has 0 aliphatic rings. The van der Waals surface area contributed by atoms with Crippen molar-refractivity contribution in [1.29, 1.82) is 0 Å². The van der Waals surface area contributed by atoms with Crippen molar-refractivity contribution in [2.45, 2.75) is 31.0 Å². The van der Waals surface area contributed by atoms with E-state index in [0.29, 0.717) is 0 Å². The monoisotopic (exact) mass is 330 g/mol. The number of carbonyl (C=O) groups excluding carboxylic acids is 2. The molecule has 0 radical (unpaired) electrons. The quantitative estimate of drug-likeness (QED) is 0.161. The van der Waals surface area contributed by atoms with Crippen LogP contribution in [0.1, 0.15) is 11.5 Å². The third-order valence-corrected chi connectivity index (χ3v) is 3.07. The Balaban J connectivity index is 3.08. The molecule has 0 bridgehead atoms. The minimum absolute atomic E-state index is 0.0366. The van der Waals surface area contributed by atoms with Crippen molar-refractivity contribution >= 4 is 17.6 Å². The topological polar surface area (TPSA) is 169 Å². The van der Waals surface area contributed by atoms with E-state index in [0.717, 1.165) is 6.08 Å². The second-order valence-corrected chi connectivity index (χ2v) is 4.71. The first-order valence-corrected chi connectivity index (χ1v) is 6.60. The SMILES string of the molecule is O=CC(=O)/C(=C\C(O)C(O)C(O)C(O)CO)c1ccc(CO)o1. The van der Waals surface area contributed by atoms with Crippen molar-refractivity contribution in [3.05, 3.63) is 29.7 Å². The summed E-state index contributed by atoms with van der Waals surface area (Å²) in [6.45, 7) is -1.30. The second-order valence-electron chi connectivity index (χ2n) is 4.71. The zero-order valence-electron chi connectivity index (χ0n) is 11.9. The summed E-state index contributed by atoms with van der Waals surface area (Å²) < 4.78 is 5.09. The van der Waals surface area contributed by atoms with Gasteiger partial charge in [0.25, 0.3) is 0 Å². The fourth-order valence-electron chi connectivity index (χ4n) is 1.76. The molecule has 23 heavy (non-hydrogen) atoms. The summed E-state index contributed by atoms with van der Waals surface area (Å²) in [6.07, 6.45) is -6.63. The van der Waals surface area contributed by atoms with E-state index in [2.05, 4.69) is 0 Å². The highest BCUT2D eigenvalue weighted by atomic mass is 16.4. The van der Waals surface area contributed by atoms with Gasteiger partial charge in [0.1, 0.15) is 42.5 Å². The molecule has 1 aromatic heterocycles. The maximum atomic E-state index is 11.6. The van der Waals surface area contributed by atoms with Gasteiger partial charge in [-0.25, -0.2) is 0 Å². The zero-order valence-corrected chi connectivity index (χ0v) is 11.9. The molecule has 4 atom stereocenters. The minimum atomic E-state index is -1.93. The van der Waals surface area contributed by atoms with E-state index in [-0.39, 0.29) is 17.8 Å². The Morgan fingerprint density at radius 3 is 2.26 bits per heavy atom. The predicted molar refractivity (Wildman–Crippen MR) is 74.8 cm³/mol. The Bertz CT molecular complexity index is 562. The molecule has 0 spiro atoms. The van der Waals surface area contributed by atoms with E-state index in [1.807, 2.05) is 0 Å². The zero-order chi connectivity index (χ0) is 17.6. The van der Waals surface area contributed by atoms with E-state index < -0.39 is 49.0 Å². The van der Waals surface area contributed by atoms with Gasteiger partial charge in [-0.2, -0.15) is 0 Å². The predicted octanol–water partition coefficient (Wildman–Crippen LogP) is -2.64. The van der Waals surface area contributed by atoms with Gasteiger partial charge in [-0.1, -0.05) is 0 Å². The lowest BCUT2D eigenvalue weighted by Crippen LogP contribution is -2.45. The molecule has 9 heteroatoms. The largest absolute Gasteiger partial charge is 0.459 e. The van der Waals surface area contributed by atoms with Gasteiger partial charge in [0, 0.05) is 0 Å². The number of hydrogen-bond acceptors (Lipinski definition) is 9. The molecule has 1 aromatic rings. The molecular formula is C14H18O9. The van der Waals surface area contributed by atoms with Gasteiger partial charge in [0.15, 0.2) is 6.29 Å². The van der Waals surface area contributed by atoms with Crippen LogP contribution in [0.25, 0.3) is 5.57 Å². The summed E-state index contributed by atoms with van der Waals surface area (Å²) in [5.74, 6) is -1.09. The number of Topliss-reactive ketones (excluding diaryl/α,β-unsaturated/α-hetero) is 1.